The topological polar surface area (TPSA) is 60.7 Å². The maximum atomic E-state index is 12.9. The van der Waals surface area contributed by atoms with Crippen molar-refractivity contribution in [1.82, 2.24) is 0 Å². The summed E-state index contributed by atoms with van der Waals surface area (Å²) in [7, 11) is 0. The van der Waals surface area contributed by atoms with Crippen LogP contribution in [-0.2, 0) is 6.42 Å². The summed E-state index contributed by atoms with van der Waals surface area (Å²) < 4.78 is 12.9. The predicted molar refractivity (Wildman–Crippen MR) is 58.6 cm³/mol. The highest BCUT2D eigenvalue weighted by molar-refractivity contribution is 5.32. The molecule has 0 unspecified atom stereocenters. The number of aliphatic hydroxyl groups excluding tert-OH is 2. The second-order valence-corrected chi connectivity index (χ2v) is 4.04. The maximum absolute atomic E-state index is 12.9. The van der Waals surface area contributed by atoms with Gasteiger partial charge in [0.15, 0.2) is 0 Å². The third kappa shape index (κ3) is 3.47. The van der Waals surface area contributed by atoms with Crippen LogP contribution in [0.25, 0.3) is 0 Å². The number of rotatable bonds is 5. The van der Waals surface area contributed by atoms with Crippen molar-refractivity contribution in [2.45, 2.75) is 25.9 Å². The molecule has 0 heterocycles. The molecule has 3 nitrogen and oxygen atoms in total. The Hall–Kier alpha value is -1.13. The van der Waals surface area contributed by atoms with E-state index in [2.05, 4.69) is 0 Å². The van der Waals surface area contributed by atoms with Crippen molar-refractivity contribution in [2.75, 3.05) is 6.61 Å². The van der Waals surface area contributed by atoms with Crippen LogP contribution in [0.4, 0.5) is 4.39 Å². The standard InChI is InChI=1S/C12H17FO3/c1-8(12(16)7-14)2-3-9-6-10(13)4-5-11(9)15/h4-6,8,12,14-16H,2-3,7H2,1H3/t8-,12-/m0/s1. The van der Waals surface area contributed by atoms with Crippen LogP contribution in [-0.4, -0.2) is 28.0 Å². The number of benzene rings is 1. The van der Waals surface area contributed by atoms with Gasteiger partial charge in [-0.3, -0.25) is 0 Å². The smallest absolute Gasteiger partial charge is 0.123 e. The van der Waals surface area contributed by atoms with E-state index in [-0.39, 0.29) is 24.1 Å². The molecule has 0 amide bonds. The molecule has 0 fully saturated rings. The molecular weight excluding hydrogens is 211 g/mol. The molecule has 0 aliphatic carbocycles. The number of hydrogen-bond donors (Lipinski definition) is 3. The Kier molecular flexibility index (Phi) is 4.71. The molecule has 1 aromatic carbocycles. The normalized spacial score (nSPS) is 14.8. The molecule has 4 heteroatoms. The Balaban J connectivity index is 2.57. The first-order valence-electron chi connectivity index (χ1n) is 5.31. The summed E-state index contributed by atoms with van der Waals surface area (Å²) in [6, 6.07) is 3.80. The summed E-state index contributed by atoms with van der Waals surface area (Å²) in [6.45, 7) is 1.52. The van der Waals surface area contributed by atoms with Gasteiger partial charge in [0.2, 0.25) is 0 Å². The van der Waals surface area contributed by atoms with Crippen LogP contribution in [0.1, 0.15) is 18.9 Å². The van der Waals surface area contributed by atoms with E-state index >= 15 is 0 Å². The van der Waals surface area contributed by atoms with Crippen LogP contribution in [0.2, 0.25) is 0 Å². The van der Waals surface area contributed by atoms with Crippen LogP contribution in [0.15, 0.2) is 18.2 Å². The van der Waals surface area contributed by atoms with Crippen molar-refractivity contribution < 1.29 is 19.7 Å². The van der Waals surface area contributed by atoms with Crippen molar-refractivity contribution in [1.29, 1.82) is 0 Å². The van der Waals surface area contributed by atoms with Crippen molar-refractivity contribution in [2.24, 2.45) is 5.92 Å². The molecule has 0 saturated carbocycles. The van der Waals surface area contributed by atoms with Gasteiger partial charge < -0.3 is 15.3 Å². The molecule has 0 aliphatic heterocycles. The Labute approximate surface area is 94.2 Å². The Morgan fingerprint density at radius 3 is 2.69 bits per heavy atom. The number of phenolic OH excluding ortho intramolecular Hbond substituents is 1. The molecule has 90 valence electrons. The van der Waals surface area contributed by atoms with Crippen LogP contribution < -0.4 is 0 Å². The quantitative estimate of drug-likeness (QED) is 0.715. The lowest BCUT2D eigenvalue weighted by Crippen LogP contribution is -2.22. The van der Waals surface area contributed by atoms with Gasteiger partial charge in [0, 0.05) is 0 Å². The third-order valence-electron chi connectivity index (χ3n) is 2.75. The van der Waals surface area contributed by atoms with Gasteiger partial charge in [-0.15, -0.1) is 0 Å². The molecule has 3 N–H and O–H groups in total. The predicted octanol–water partition coefficient (Wildman–Crippen LogP) is 1.45. The average Bonchev–Trinajstić information content (AvgIpc) is 2.28. The van der Waals surface area contributed by atoms with Crippen LogP contribution >= 0.6 is 0 Å². The first kappa shape index (κ1) is 12.9. The molecule has 0 spiro atoms. The molecule has 0 aliphatic rings. The lowest BCUT2D eigenvalue weighted by molar-refractivity contribution is 0.0505. The van der Waals surface area contributed by atoms with Crippen LogP contribution in [0.3, 0.4) is 0 Å². The number of hydrogen-bond acceptors (Lipinski definition) is 3. The van der Waals surface area contributed by atoms with E-state index in [1.807, 2.05) is 0 Å². The fourth-order valence-corrected chi connectivity index (χ4v) is 1.51. The summed E-state index contributed by atoms with van der Waals surface area (Å²) >= 11 is 0. The molecule has 1 aromatic rings. The van der Waals surface area contributed by atoms with Gasteiger partial charge in [0.25, 0.3) is 0 Å². The molecular formula is C12H17FO3. The highest BCUT2D eigenvalue weighted by atomic mass is 19.1. The lowest BCUT2D eigenvalue weighted by Gasteiger charge is -2.16. The summed E-state index contributed by atoms with van der Waals surface area (Å²) in [4.78, 5) is 0. The fourth-order valence-electron chi connectivity index (χ4n) is 1.51. The molecule has 1 rings (SSSR count). The van der Waals surface area contributed by atoms with Gasteiger partial charge in [-0.05, 0) is 42.5 Å². The first-order chi connectivity index (χ1) is 7.54. The molecule has 0 radical (unpaired) electrons. The van der Waals surface area contributed by atoms with E-state index in [9.17, 15) is 14.6 Å². The minimum absolute atomic E-state index is 0.0621. The molecule has 0 aromatic heterocycles. The van der Waals surface area contributed by atoms with Crippen molar-refractivity contribution in [3.05, 3.63) is 29.6 Å². The zero-order chi connectivity index (χ0) is 12.1. The van der Waals surface area contributed by atoms with E-state index in [0.717, 1.165) is 0 Å². The summed E-state index contributed by atoms with van der Waals surface area (Å²) in [6.07, 6.45) is 0.288. The van der Waals surface area contributed by atoms with Gasteiger partial charge in [-0.25, -0.2) is 4.39 Å². The first-order valence-corrected chi connectivity index (χ1v) is 5.31. The van der Waals surface area contributed by atoms with Crippen LogP contribution in [0, 0.1) is 11.7 Å². The largest absolute Gasteiger partial charge is 0.508 e. The van der Waals surface area contributed by atoms with E-state index in [1.165, 1.54) is 18.2 Å². The molecule has 0 bridgehead atoms. The summed E-state index contributed by atoms with van der Waals surface area (Å²) in [5, 5.41) is 27.5. The van der Waals surface area contributed by atoms with Gasteiger partial charge in [0.1, 0.15) is 11.6 Å². The minimum Gasteiger partial charge on any atom is -0.508 e. The fraction of sp³-hybridized carbons (Fsp3) is 0.500. The Bertz CT molecular complexity index is 341. The van der Waals surface area contributed by atoms with E-state index in [1.54, 1.807) is 6.92 Å². The highest BCUT2D eigenvalue weighted by Crippen LogP contribution is 2.21. The second kappa shape index (κ2) is 5.82. The molecule has 0 saturated heterocycles. The lowest BCUT2D eigenvalue weighted by atomic mass is 9.96. The van der Waals surface area contributed by atoms with Gasteiger partial charge >= 0.3 is 0 Å². The number of aromatic hydroxyl groups is 1. The Morgan fingerprint density at radius 2 is 2.06 bits per heavy atom. The van der Waals surface area contributed by atoms with E-state index < -0.39 is 6.10 Å². The Morgan fingerprint density at radius 1 is 1.38 bits per heavy atom. The molecule has 2 atom stereocenters. The van der Waals surface area contributed by atoms with Crippen molar-refractivity contribution >= 4 is 0 Å². The monoisotopic (exact) mass is 228 g/mol. The average molecular weight is 228 g/mol. The minimum atomic E-state index is -0.768. The van der Waals surface area contributed by atoms with Crippen molar-refractivity contribution in [3.8, 4) is 5.75 Å². The van der Waals surface area contributed by atoms with E-state index in [0.29, 0.717) is 18.4 Å². The zero-order valence-electron chi connectivity index (χ0n) is 9.23. The number of aryl methyl sites for hydroxylation is 1. The van der Waals surface area contributed by atoms with Gasteiger partial charge in [-0.2, -0.15) is 0 Å². The van der Waals surface area contributed by atoms with E-state index in [4.69, 9.17) is 5.11 Å². The van der Waals surface area contributed by atoms with Crippen molar-refractivity contribution in [3.63, 3.8) is 0 Å². The van der Waals surface area contributed by atoms with Gasteiger partial charge in [-0.1, -0.05) is 6.92 Å². The number of halogens is 1. The number of aliphatic hydroxyl groups is 2. The van der Waals surface area contributed by atoms with Crippen LogP contribution in [0.5, 0.6) is 5.75 Å². The second-order valence-electron chi connectivity index (χ2n) is 4.04. The number of phenols is 1. The zero-order valence-corrected chi connectivity index (χ0v) is 9.23. The highest BCUT2D eigenvalue weighted by Gasteiger charge is 2.13. The summed E-state index contributed by atoms with van der Waals surface area (Å²) in [5.74, 6) is -0.414. The molecule has 16 heavy (non-hydrogen) atoms. The summed E-state index contributed by atoms with van der Waals surface area (Å²) in [5.41, 5.74) is 0.525. The van der Waals surface area contributed by atoms with Gasteiger partial charge in [0.05, 0.1) is 12.7 Å². The maximum Gasteiger partial charge on any atom is 0.123 e. The SMILES string of the molecule is C[C@@H](CCc1cc(F)ccc1O)[C@@H](O)CO. The third-order valence-corrected chi connectivity index (χ3v) is 2.75.